The van der Waals surface area contributed by atoms with Crippen LogP contribution in [0.4, 0.5) is 11.4 Å². The Hall–Kier alpha value is -1.22. The first-order chi connectivity index (χ1) is 6.22. The average molecular weight is 182 g/mol. The minimum absolute atomic E-state index is 0.646. The van der Waals surface area contributed by atoms with Crippen molar-refractivity contribution in [3.8, 4) is 0 Å². The molecule has 0 amide bonds. The highest BCUT2D eigenvalue weighted by Gasteiger charge is 1.85. The fourth-order valence-corrected chi connectivity index (χ4v) is 0.715. The summed E-state index contributed by atoms with van der Waals surface area (Å²) in [4.78, 5) is 0. The van der Waals surface area contributed by atoms with E-state index in [2.05, 4.69) is 0 Å². The number of anilines is 2. The lowest BCUT2D eigenvalue weighted by Gasteiger charge is -1.94. The first-order valence-electron chi connectivity index (χ1n) is 4.40. The molecule has 3 nitrogen and oxygen atoms in total. The maximum absolute atomic E-state index is 5.39. The average Bonchev–Trinajstić information content (AvgIpc) is 2.13. The zero-order valence-corrected chi connectivity index (χ0v) is 8.29. The number of nitrogens with two attached hydrogens (primary N) is 2. The summed E-state index contributed by atoms with van der Waals surface area (Å²) in [5, 5.41) is 0. The van der Waals surface area contributed by atoms with Crippen molar-refractivity contribution in [2.75, 3.05) is 24.7 Å². The highest BCUT2D eigenvalue weighted by molar-refractivity contribution is 5.62. The second-order valence-electron chi connectivity index (χ2n) is 2.41. The molecule has 0 aromatic heterocycles. The van der Waals surface area contributed by atoms with Gasteiger partial charge in [-0.1, -0.05) is 12.1 Å². The molecule has 0 radical (unpaired) electrons. The normalized spacial score (nSPS) is 8.77. The lowest BCUT2D eigenvalue weighted by Crippen LogP contribution is -1.91. The SMILES string of the molecule is CCOCC.Nc1ccccc1N. The van der Waals surface area contributed by atoms with E-state index in [9.17, 15) is 0 Å². The quantitative estimate of drug-likeness (QED) is 0.687. The number of para-hydroxylation sites is 2. The highest BCUT2D eigenvalue weighted by atomic mass is 16.5. The van der Waals surface area contributed by atoms with E-state index in [0.717, 1.165) is 13.2 Å². The summed E-state index contributed by atoms with van der Waals surface area (Å²) in [5.74, 6) is 0. The predicted molar refractivity (Wildman–Crippen MR) is 57.4 cm³/mol. The molecular formula is C10H18N2O. The van der Waals surface area contributed by atoms with E-state index in [-0.39, 0.29) is 0 Å². The Labute approximate surface area is 79.7 Å². The van der Waals surface area contributed by atoms with Gasteiger partial charge in [0.05, 0.1) is 11.4 Å². The minimum atomic E-state index is 0.646. The minimum Gasteiger partial charge on any atom is -0.397 e. The fraction of sp³-hybridized carbons (Fsp3) is 0.400. The second-order valence-corrected chi connectivity index (χ2v) is 2.41. The molecule has 0 bridgehead atoms. The van der Waals surface area contributed by atoms with E-state index in [0.29, 0.717) is 11.4 Å². The van der Waals surface area contributed by atoms with Gasteiger partial charge in [-0.2, -0.15) is 0 Å². The van der Waals surface area contributed by atoms with Crippen molar-refractivity contribution < 1.29 is 4.74 Å². The summed E-state index contributed by atoms with van der Waals surface area (Å²) >= 11 is 0. The van der Waals surface area contributed by atoms with E-state index in [1.807, 2.05) is 26.0 Å². The van der Waals surface area contributed by atoms with Gasteiger partial charge in [-0.15, -0.1) is 0 Å². The second kappa shape index (κ2) is 7.43. The van der Waals surface area contributed by atoms with Crippen LogP contribution in [0.25, 0.3) is 0 Å². The van der Waals surface area contributed by atoms with Crippen LogP contribution in [0.2, 0.25) is 0 Å². The van der Waals surface area contributed by atoms with Gasteiger partial charge in [0.1, 0.15) is 0 Å². The first kappa shape index (κ1) is 11.8. The molecule has 4 N–H and O–H groups in total. The molecule has 0 heterocycles. The van der Waals surface area contributed by atoms with Crippen molar-refractivity contribution in [3.05, 3.63) is 24.3 Å². The number of rotatable bonds is 2. The molecular weight excluding hydrogens is 164 g/mol. The zero-order chi connectivity index (χ0) is 10.1. The van der Waals surface area contributed by atoms with Gasteiger partial charge in [-0.3, -0.25) is 0 Å². The third-order valence-electron chi connectivity index (χ3n) is 1.40. The maximum Gasteiger partial charge on any atom is 0.0547 e. The Morgan fingerprint density at radius 3 is 1.54 bits per heavy atom. The highest BCUT2D eigenvalue weighted by Crippen LogP contribution is 2.10. The van der Waals surface area contributed by atoms with Crippen LogP contribution in [0, 0.1) is 0 Å². The van der Waals surface area contributed by atoms with Crippen molar-refractivity contribution in [1.29, 1.82) is 0 Å². The molecule has 0 unspecified atom stereocenters. The predicted octanol–water partition coefficient (Wildman–Crippen LogP) is 1.89. The molecule has 1 aromatic carbocycles. The van der Waals surface area contributed by atoms with Gasteiger partial charge in [-0.25, -0.2) is 0 Å². The summed E-state index contributed by atoms with van der Waals surface area (Å²) in [7, 11) is 0. The summed E-state index contributed by atoms with van der Waals surface area (Å²) in [5.41, 5.74) is 12.1. The molecule has 74 valence electrons. The summed E-state index contributed by atoms with van der Waals surface area (Å²) < 4.78 is 4.83. The summed E-state index contributed by atoms with van der Waals surface area (Å²) in [6, 6.07) is 7.25. The molecule has 0 saturated carbocycles. The zero-order valence-electron chi connectivity index (χ0n) is 8.29. The van der Waals surface area contributed by atoms with E-state index < -0.39 is 0 Å². The molecule has 0 saturated heterocycles. The maximum atomic E-state index is 5.39. The van der Waals surface area contributed by atoms with Crippen LogP contribution in [0.1, 0.15) is 13.8 Å². The van der Waals surface area contributed by atoms with Gasteiger partial charge in [0.25, 0.3) is 0 Å². The van der Waals surface area contributed by atoms with Gasteiger partial charge in [0, 0.05) is 13.2 Å². The number of benzene rings is 1. The summed E-state index contributed by atoms with van der Waals surface area (Å²) in [6.07, 6.45) is 0. The number of ether oxygens (including phenoxy) is 1. The summed E-state index contributed by atoms with van der Waals surface area (Å²) in [6.45, 7) is 5.67. The molecule has 1 aromatic rings. The Morgan fingerprint density at radius 1 is 1.00 bits per heavy atom. The fourth-order valence-electron chi connectivity index (χ4n) is 0.715. The van der Waals surface area contributed by atoms with Gasteiger partial charge >= 0.3 is 0 Å². The Bertz CT molecular complexity index is 203. The molecule has 0 spiro atoms. The van der Waals surface area contributed by atoms with Crippen LogP contribution in [-0.2, 0) is 4.74 Å². The molecule has 0 aliphatic rings. The molecule has 0 atom stereocenters. The van der Waals surface area contributed by atoms with E-state index >= 15 is 0 Å². The Kier molecular flexibility index (Phi) is 6.73. The van der Waals surface area contributed by atoms with Crippen molar-refractivity contribution in [1.82, 2.24) is 0 Å². The van der Waals surface area contributed by atoms with Crippen LogP contribution in [0.5, 0.6) is 0 Å². The monoisotopic (exact) mass is 182 g/mol. The first-order valence-corrected chi connectivity index (χ1v) is 4.40. The lowest BCUT2D eigenvalue weighted by atomic mass is 10.3. The van der Waals surface area contributed by atoms with Crippen molar-refractivity contribution in [3.63, 3.8) is 0 Å². The van der Waals surface area contributed by atoms with Crippen LogP contribution in [-0.4, -0.2) is 13.2 Å². The molecule has 3 heteroatoms. The van der Waals surface area contributed by atoms with Gasteiger partial charge in [-0.05, 0) is 26.0 Å². The standard InChI is InChI=1S/C6H8N2.C4H10O/c7-5-3-1-2-4-6(5)8;1-3-5-4-2/h1-4H,7-8H2;3-4H2,1-2H3. The Morgan fingerprint density at radius 2 is 1.38 bits per heavy atom. The molecule has 0 aliphatic carbocycles. The number of hydrogen-bond donors (Lipinski definition) is 2. The van der Waals surface area contributed by atoms with Crippen LogP contribution >= 0.6 is 0 Å². The molecule has 0 aliphatic heterocycles. The van der Waals surface area contributed by atoms with E-state index in [1.165, 1.54) is 0 Å². The largest absolute Gasteiger partial charge is 0.397 e. The van der Waals surface area contributed by atoms with Crippen LogP contribution in [0.15, 0.2) is 24.3 Å². The van der Waals surface area contributed by atoms with Crippen molar-refractivity contribution in [2.24, 2.45) is 0 Å². The van der Waals surface area contributed by atoms with Crippen molar-refractivity contribution in [2.45, 2.75) is 13.8 Å². The van der Waals surface area contributed by atoms with Gasteiger partial charge in [0.15, 0.2) is 0 Å². The molecule has 1 rings (SSSR count). The van der Waals surface area contributed by atoms with Gasteiger partial charge < -0.3 is 16.2 Å². The smallest absolute Gasteiger partial charge is 0.0547 e. The number of nitrogen functional groups attached to an aromatic ring is 2. The van der Waals surface area contributed by atoms with Crippen molar-refractivity contribution >= 4 is 11.4 Å². The van der Waals surface area contributed by atoms with E-state index in [4.69, 9.17) is 16.2 Å². The third kappa shape index (κ3) is 5.99. The molecule has 0 fully saturated rings. The van der Waals surface area contributed by atoms with Gasteiger partial charge in [0.2, 0.25) is 0 Å². The van der Waals surface area contributed by atoms with Crippen LogP contribution < -0.4 is 11.5 Å². The number of hydrogen-bond acceptors (Lipinski definition) is 3. The molecule has 13 heavy (non-hydrogen) atoms. The van der Waals surface area contributed by atoms with E-state index in [1.54, 1.807) is 12.1 Å². The topological polar surface area (TPSA) is 61.3 Å². The lowest BCUT2D eigenvalue weighted by molar-refractivity contribution is 0.162. The Balaban J connectivity index is 0.000000252. The van der Waals surface area contributed by atoms with Crippen LogP contribution in [0.3, 0.4) is 0 Å². The third-order valence-corrected chi connectivity index (χ3v) is 1.40.